The summed E-state index contributed by atoms with van der Waals surface area (Å²) in [6.07, 6.45) is 4.52. The molecule has 0 bridgehead atoms. The summed E-state index contributed by atoms with van der Waals surface area (Å²) in [6, 6.07) is 3.49. The van der Waals surface area contributed by atoms with Crippen molar-refractivity contribution in [2.24, 2.45) is 4.99 Å². The van der Waals surface area contributed by atoms with Crippen LogP contribution in [0.15, 0.2) is 29.5 Å². The normalized spacial score (nSPS) is 11.2. The number of imidazole rings is 1. The summed E-state index contributed by atoms with van der Waals surface area (Å²) in [5.41, 5.74) is 2.56. The molecule has 0 saturated heterocycles. The van der Waals surface area contributed by atoms with Gasteiger partial charge in [-0.2, -0.15) is 0 Å². The number of fused-ring (bicyclic) bond motifs is 1. The second-order valence-corrected chi connectivity index (χ2v) is 2.31. The molecule has 13 heavy (non-hydrogen) atoms. The fourth-order valence-corrected chi connectivity index (χ4v) is 0.969. The molecule has 0 unspecified atom stereocenters. The minimum atomic E-state index is 0.493. The Bertz CT molecular complexity index is 435. The number of rotatable bonds is 2. The van der Waals surface area contributed by atoms with Gasteiger partial charge in [-0.3, -0.25) is 10.7 Å². The second-order valence-electron chi connectivity index (χ2n) is 2.31. The Labute approximate surface area is 73.5 Å². The van der Waals surface area contributed by atoms with Crippen LogP contribution in [0.4, 0.5) is 5.82 Å². The molecule has 66 valence electrons. The molecule has 6 nitrogen and oxygen atoms in total. The number of hydroxylamine groups is 1. The molecule has 2 N–H and O–H groups in total. The van der Waals surface area contributed by atoms with Crippen LogP contribution in [0.2, 0.25) is 0 Å². The largest absolute Gasteiger partial charge is 0.290 e. The van der Waals surface area contributed by atoms with E-state index < -0.39 is 0 Å². The lowest BCUT2D eigenvalue weighted by Crippen LogP contribution is -2.01. The van der Waals surface area contributed by atoms with Crippen molar-refractivity contribution in [3.8, 4) is 0 Å². The highest BCUT2D eigenvalue weighted by Gasteiger charge is 1.94. The quantitative estimate of drug-likeness (QED) is 0.394. The van der Waals surface area contributed by atoms with E-state index in [-0.39, 0.29) is 0 Å². The average molecular weight is 177 g/mol. The van der Waals surface area contributed by atoms with Crippen molar-refractivity contribution in [3.63, 3.8) is 0 Å². The molecule has 0 aliphatic heterocycles. The van der Waals surface area contributed by atoms with E-state index in [1.165, 1.54) is 0 Å². The van der Waals surface area contributed by atoms with Crippen molar-refractivity contribution < 1.29 is 5.21 Å². The van der Waals surface area contributed by atoms with Crippen LogP contribution in [-0.2, 0) is 0 Å². The molecule has 0 radical (unpaired) electrons. The monoisotopic (exact) mass is 177 g/mol. The van der Waals surface area contributed by atoms with Crippen molar-refractivity contribution in [1.29, 1.82) is 0 Å². The van der Waals surface area contributed by atoms with Crippen molar-refractivity contribution in [2.75, 3.05) is 0 Å². The molecule has 0 amide bonds. The summed E-state index contributed by atoms with van der Waals surface area (Å²) in [5, 5.41) is 12.3. The fourth-order valence-electron chi connectivity index (χ4n) is 0.969. The van der Waals surface area contributed by atoms with Gasteiger partial charge in [0.05, 0.1) is 0 Å². The van der Waals surface area contributed by atoms with Crippen molar-refractivity contribution in [3.05, 3.63) is 24.5 Å². The third-order valence-corrected chi connectivity index (χ3v) is 1.50. The summed E-state index contributed by atoms with van der Waals surface area (Å²) < 4.78 is 1.60. The van der Waals surface area contributed by atoms with Crippen LogP contribution in [0.25, 0.3) is 5.65 Å². The standard InChI is InChI=1S/C7H7N5O/c13-10-5-9-6-1-2-7-8-3-4-12(7)11-6/h1-5,13H,(H,9,10,11). The zero-order valence-electron chi connectivity index (χ0n) is 6.62. The van der Waals surface area contributed by atoms with Gasteiger partial charge in [0.25, 0.3) is 0 Å². The molecule has 2 aromatic rings. The van der Waals surface area contributed by atoms with Crippen LogP contribution in [-0.4, -0.2) is 26.1 Å². The number of nitrogens with zero attached hydrogens (tertiary/aromatic N) is 4. The number of hydrogen-bond donors (Lipinski definition) is 2. The zero-order valence-corrected chi connectivity index (χ0v) is 6.62. The van der Waals surface area contributed by atoms with Crippen molar-refractivity contribution in [2.45, 2.75) is 0 Å². The first-order valence-electron chi connectivity index (χ1n) is 3.63. The fraction of sp³-hybridized carbons (Fsp3) is 0. The number of aromatic nitrogens is 3. The van der Waals surface area contributed by atoms with Crippen LogP contribution in [0.1, 0.15) is 0 Å². The van der Waals surface area contributed by atoms with Crippen molar-refractivity contribution in [1.82, 2.24) is 20.1 Å². The van der Waals surface area contributed by atoms with Gasteiger partial charge in [-0.05, 0) is 12.1 Å². The average Bonchev–Trinajstić information content (AvgIpc) is 2.61. The van der Waals surface area contributed by atoms with E-state index in [1.54, 1.807) is 34.5 Å². The topological polar surface area (TPSA) is 74.8 Å². The Hall–Kier alpha value is -1.95. The first kappa shape index (κ1) is 7.69. The Kier molecular flexibility index (Phi) is 1.89. The molecule has 2 rings (SSSR count). The molecule has 6 heteroatoms. The number of aliphatic imine (C=N–C) groups is 1. The van der Waals surface area contributed by atoms with E-state index in [2.05, 4.69) is 15.1 Å². The van der Waals surface area contributed by atoms with E-state index in [9.17, 15) is 0 Å². The summed E-state index contributed by atoms with van der Waals surface area (Å²) in [6.45, 7) is 0. The van der Waals surface area contributed by atoms with Gasteiger partial charge in [0.15, 0.2) is 11.5 Å². The van der Waals surface area contributed by atoms with Gasteiger partial charge in [0.1, 0.15) is 6.34 Å². The molecule has 0 aliphatic rings. The summed E-state index contributed by atoms with van der Waals surface area (Å²) in [7, 11) is 0. The number of hydrogen-bond acceptors (Lipinski definition) is 4. The third kappa shape index (κ3) is 1.47. The van der Waals surface area contributed by atoms with Crippen LogP contribution in [0, 0.1) is 0 Å². The van der Waals surface area contributed by atoms with Crippen LogP contribution < -0.4 is 5.48 Å². The SMILES string of the molecule is ONC=Nc1ccc2nccn2n1. The van der Waals surface area contributed by atoms with Gasteiger partial charge in [-0.1, -0.05) is 0 Å². The highest BCUT2D eigenvalue weighted by atomic mass is 16.5. The molecule has 0 atom stereocenters. The van der Waals surface area contributed by atoms with Crippen molar-refractivity contribution >= 4 is 17.8 Å². The molecule has 0 aliphatic carbocycles. The molecule has 0 spiro atoms. The van der Waals surface area contributed by atoms with Gasteiger partial charge in [0, 0.05) is 12.4 Å². The Morgan fingerprint density at radius 3 is 3.31 bits per heavy atom. The lowest BCUT2D eigenvalue weighted by atomic mass is 10.5. The van der Waals surface area contributed by atoms with E-state index in [0.29, 0.717) is 5.82 Å². The molecule has 2 aromatic heterocycles. The zero-order chi connectivity index (χ0) is 9.10. The second kappa shape index (κ2) is 3.20. The highest BCUT2D eigenvalue weighted by molar-refractivity contribution is 5.58. The van der Waals surface area contributed by atoms with Gasteiger partial charge in [-0.15, -0.1) is 5.10 Å². The summed E-state index contributed by atoms with van der Waals surface area (Å²) >= 11 is 0. The lowest BCUT2D eigenvalue weighted by Gasteiger charge is -1.93. The smallest absolute Gasteiger partial charge is 0.174 e. The minimum Gasteiger partial charge on any atom is -0.290 e. The maximum Gasteiger partial charge on any atom is 0.174 e. The van der Waals surface area contributed by atoms with E-state index in [0.717, 1.165) is 12.0 Å². The lowest BCUT2D eigenvalue weighted by molar-refractivity contribution is 0.240. The van der Waals surface area contributed by atoms with Gasteiger partial charge >= 0.3 is 0 Å². The molecular formula is C7H7N5O. The molecule has 0 aromatic carbocycles. The molecular weight excluding hydrogens is 170 g/mol. The summed E-state index contributed by atoms with van der Waals surface area (Å²) in [5.74, 6) is 0.493. The maximum atomic E-state index is 8.25. The number of nitrogens with one attached hydrogen (secondary N) is 1. The van der Waals surface area contributed by atoms with Gasteiger partial charge in [-0.25, -0.2) is 14.5 Å². The maximum absolute atomic E-state index is 8.25. The minimum absolute atomic E-state index is 0.493. The van der Waals surface area contributed by atoms with E-state index >= 15 is 0 Å². The summed E-state index contributed by atoms with van der Waals surface area (Å²) in [4.78, 5) is 7.83. The first-order chi connectivity index (χ1) is 6.40. The van der Waals surface area contributed by atoms with E-state index in [4.69, 9.17) is 5.21 Å². The first-order valence-corrected chi connectivity index (χ1v) is 3.63. The molecule has 0 saturated carbocycles. The predicted molar refractivity (Wildman–Crippen MR) is 46.1 cm³/mol. The van der Waals surface area contributed by atoms with Crippen LogP contribution >= 0.6 is 0 Å². The third-order valence-electron chi connectivity index (χ3n) is 1.50. The highest BCUT2D eigenvalue weighted by Crippen LogP contribution is 2.07. The van der Waals surface area contributed by atoms with Crippen LogP contribution in [0.5, 0.6) is 0 Å². The molecule has 0 fully saturated rings. The Balaban J connectivity index is 2.42. The van der Waals surface area contributed by atoms with E-state index in [1.807, 2.05) is 0 Å². The molecule has 2 heterocycles. The van der Waals surface area contributed by atoms with Crippen LogP contribution in [0.3, 0.4) is 0 Å². The Morgan fingerprint density at radius 2 is 2.46 bits per heavy atom. The van der Waals surface area contributed by atoms with Gasteiger partial charge in [0.2, 0.25) is 0 Å². The van der Waals surface area contributed by atoms with Gasteiger partial charge < -0.3 is 0 Å². The Morgan fingerprint density at radius 1 is 1.54 bits per heavy atom. The predicted octanol–water partition coefficient (Wildman–Crippen LogP) is 0.368.